The van der Waals surface area contributed by atoms with Crippen molar-refractivity contribution in [3.05, 3.63) is 231 Å². The highest BCUT2D eigenvalue weighted by Crippen LogP contribution is 2.40. The van der Waals surface area contributed by atoms with Crippen molar-refractivity contribution in [3.8, 4) is 45.1 Å². The summed E-state index contributed by atoms with van der Waals surface area (Å²) < 4.78 is 24.8. The fourth-order valence-corrected chi connectivity index (χ4v) is 12.1. The van der Waals surface area contributed by atoms with Crippen molar-refractivity contribution in [2.45, 2.75) is 46.6 Å². The largest absolute Gasteiger partial charge is 0.381 e. The molecule has 0 bridgehead atoms. The van der Waals surface area contributed by atoms with Crippen molar-refractivity contribution >= 4 is 88.3 Å². The van der Waals surface area contributed by atoms with E-state index in [9.17, 15) is 19.2 Å². The molecule has 8 aromatic heterocycles. The Hall–Kier alpha value is -9.12. The number of nitrogen functional groups attached to an aromatic ring is 1. The Bertz CT molecular complexity index is 4390. The molecule has 438 valence electrons. The molecule has 1 aliphatic carbocycles. The van der Waals surface area contributed by atoms with Gasteiger partial charge in [0.15, 0.2) is 34.7 Å². The van der Waals surface area contributed by atoms with Crippen molar-refractivity contribution in [1.29, 1.82) is 0 Å². The second-order valence-corrected chi connectivity index (χ2v) is 23.9. The normalized spacial score (nSPS) is 12.8. The summed E-state index contributed by atoms with van der Waals surface area (Å²) in [5.41, 5.74) is 15.0. The molecule has 22 heteroatoms. The number of hydrogen-bond donors (Lipinski definition) is 3. The zero-order valence-corrected chi connectivity index (χ0v) is 52.5. The number of nitrogens with one attached hydrogen (secondary N) is 2. The van der Waals surface area contributed by atoms with Crippen molar-refractivity contribution in [3.63, 3.8) is 0 Å². The second kappa shape index (κ2) is 26.0. The average molecular weight is 1350 g/mol. The standard InChI is InChI=1S/C34H34N6O3.C15H12BrN3O2.C9H8N2O.C6H5Br2NO/c1-5-24-25(11-12-35-31(24)40-14-13-39-27(33(40)42)16-22-18-34(2,3)19-28(22)39)23-15-26(32(41)38(4)20-23)36-30-17-29(43-37-30)21-9-7-6-8-10-21;1-19-9-11(16)7-12(15(19)20)17-14-8-13(21-18-14)10-5-3-2-4-6-10;10-9-6-8(12-11-9)7-4-2-1-3-5-7;1-9-3-4(7)2-5(8)6(9)10/h6-12,15-17,20H,5,13-14,18-19H2,1-4H3,(H,36,37);2-9H,1H3,(H,17,18);1-6H,(H2,10,11);2-3H,1H3. The first kappa shape index (κ1) is 60.0. The van der Waals surface area contributed by atoms with E-state index in [0.717, 1.165) is 67.4 Å². The van der Waals surface area contributed by atoms with E-state index in [-0.39, 0.29) is 28.0 Å². The fraction of sp³-hybridized carbons (Fsp3) is 0.188. The van der Waals surface area contributed by atoms with E-state index in [4.69, 9.17) is 24.3 Å². The summed E-state index contributed by atoms with van der Waals surface area (Å²) in [5, 5.41) is 17.8. The smallest absolute Gasteiger partial charge is 0.276 e. The van der Waals surface area contributed by atoms with Crippen LogP contribution in [0.4, 0.5) is 34.6 Å². The zero-order chi connectivity index (χ0) is 60.8. The summed E-state index contributed by atoms with van der Waals surface area (Å²) in [5.74, 6) is 3.95. The van der Waals surface area contributed by atoms with Crippen LogP contribution in [0.15, 0.2) is 206 Å². The number of rotatable bonds is 10. The van der Waals surface area contributed by atoms with Crippen molar-refractivity contribution in [2.75, 3.05) is 27.8 Å². The molecule has 0 spiro atoms. The quantitative estimate of drug-likeness (QED) is 0.116. The number of hydrogen-bond acceptors (Lipinski definition) is 14. The van der Waals surface area contributed by atoms with Crippen molar-refractivity contribution in [1.82, 2.24) is 38.7 Å². The van der Waals surface area contributed by atoms with Crippen LogP contribution in [-0.4, -0.2) is 51.2 Å². The molecule has 0 fully saturated rings. The lowest BCUT2D eigenvalue weighted by molar-refractivity contribution is 0.0963. The van der Waals surface area contributed by atoms with Gasteiger partial charge < -0.3 is 48.2 Å². The Morgan fingerprint density at radius 2 is 1.09 bits per heavy atom. The molecule has 0 atom stereocenters. The molecule has 1 amide bonds. The number of pyridine rings is 4. The molecule has 19 nitrogen and oxygen atoms in total. The van der Waals surface area contributed by atoms with Gasteiger partial charge in [0.2, 0.25) is 0 Å². The van der Waals surface area contributed by atoms with Gasteiger partial charge in [0.05, 0.1) is 4.47 Å². The molecule has 0 saturated carbocycles. The third-order valence-electron chi connectivity index (χ3n) is 14.3. The summed E-state index contributed by atoms with van der Waals surface area (Å²) >= 11 is 9.75. The Kier molecular flexibility index (Phi) is 18.2. The predicted molar refractivity (Wildman–Crippen MR) is 345 cm³/mol. The first-order valence-electron chi connectivity index (χ1n) is 27.3. The van der Waals surface area contributed by atoms with Gasteiger partial charge in [0, 0.05) is 120 Å². The van der Waals surface area contributed by atoms with Crippen LogP contribution in [-0.2, 0) is 47.0 Å². The molecule has 86 heavy (non-hydrogen) atoms. The summed E-state index contributed by atoms with van der Waals surface area (Å²) in [7, 11) is 5.13. The van der Waals surface area contributed by atoms with Gasteiger partial charge in [0.1, 0.15) is 22.9 Å². The summed E-state index contributed by atoms with van der Waals surface area (Å²) in [4.78, 5) is 56.6. The molecule has 0 unspecified atom stereocenters. The monoisotopic (exact) mass is 1340 g/mol. The molecule has 13 rings (SSSR count). The van der Waals surface area contributed by atoms with Crippen LogP contribution in [0.2, 0.25) is 0 Å². The van der Waals surface area contributed by atoms with Gasteiger partial charge in [-0.3, -0.25) is 24.1 Å². The lowest BCUT2D eigenvalue weighted by Crippen LogP contribution is -2.41. The van der Waals surface area contributed by atoms with Crippen molar-refractivity contribution in [2.24, 2.45) is 26.6 Å². The van der Waals surface area contributed by atoms with Gasteiger partial charge in [-0.05, 0) is 114 Å². The number of halogens is 3. The highest BCUT2D eigenvalue weighted by Gasteiger charge is 2.37. The maximum atomic E-state index is 13.9. The predicted octanol–water partition coefficient (Wildman–Crippen LogP) is 13.4. The van der Waals surface area contributed by atoms with Crippen LogP contribution in [0, 0.1) is 5.41 Å². The van der Waals surface area contributed by atoms with E-state index in [2.05, 4.69) is 105 Å². The maximum absolute atomic E-state index is 13.9. The SMILES string of the molecule is CCc1c(-c2cc(Nc3cc(-c4ccccc4)on3)c(=O)n(C)c2)ccnc1N1CCn2c(cc3c2CC(C)(C)C3)C1=O.Cn1cc(Br)cc(Br)c1=O.Cn1cc(Br)cc(Nc2cc(-c3ccccc3)on2)c1=O.Nc1cc(-c2ccccc2)on1. The summed E-state index contributed by atoms with van der Waals surface area (Å²) in [6.45, 7) is 7.95. The fourth-order valence-electron chi connectivity index (χ4n) is 10.2. The Balaban J connectivity index is 0.000000156. The highest BCUT2D eigenvalue weighted by atomic mass is 79.9. The van der Waals surface area contributed by atoms with Crippen LogP contribution in [0.1, 0.15) is 48.1 Å². The molecule has 11 aromatic rings. The number of aryl methyl sites for hydroxylation is 3. The first-order chi connectivity index (χ1) is 41.3. The van der Waals surface area contributed by atoms with E-state index in [0.29, 0.717) is 69.4 Å². The summed E-state index contributed by atoms with van der Waals surface area (Å²) in [6, 6.07) is 43.6. The number of carbonyl (C=O) groups excluding carboxylic acids is 1. The highest BCUT2D eigenvalue weighted by molar-refractivity contribution is 9.11. The molecule has 2 aliphatic rings. The molecular weight excluding hydrogens is 1290 g/mol. The average Bonchev–Trinajstić information content (AvgIpc) is 1.69. The van der Waals surface area contributed by atoms with E-state index in [1.807, 2.05) is 114 Å². The first-order valence-corrected chi connectivity index (χ1v) is 29.7. The minimum atomic E-state index is -0.191. The number of aromatic nitrogens is 8. The molecule has 1 aliphatic heterocycles. The topological polar surface area (TPSA) is 232 Å². The van der Waals surface area contributed by atoms with E-state index in [1.165, 1.54) is 20.4 Å². The van der Waals surface area contributed by atoms with Gasteiger partial charge in [-0.15, -0.1) is 0 Å². The van der Waals surface area contributed by atoms with Crippen LogP contribution in [0.5, 0.6) is 0 Å². The molecular formula is C64H59Br3N12O7. The molecule has 9 heterocycles. The second-order valence-electron chi connectivity index (χ2n) is 21.2. The third-order valence-corrected chi connectivity index (χ3v) is 15.7. The Labute approximate surface area is 519 Å². The van der Waals surface area contributed by atoms with Gasteiger partial charge in [-0.25, -0.2) is 4.98 Å². The van der Waals surface area contributed by atoms with E-state index >= 15 is 0 Å². The van der Waals surface area contributed by atoms with E-state index in [1.54, 1.807) is 74.6 Å². The van der Waals surface area contributed by atoms with Gasteiger partial charge >= 0.3 is 0 Å². The number of nitrogens with zero attached hydrogens (tertiary/aromatic N) is 9. The number of benzene rings is 3. The Morgan fingerprint density at radius 3 is 1.63 bits per heavy atom. The van der Waals surface area contributed by atoms with Gasteiger partial charge in [-0.2, -0.15) is 0 Å². The van der Waals surface area contributed by atoms with Crippen molar-refractivity contribution < 1.29 is 18.4 Å². The van der Waals surface area contributed by atoms with Gasteiger partial charge in [-0.1, -0.05) is 127 Å². The van der Waals surface area contributed by atoms with E-state index < -0.39 is 0 Å². The number of amides is 1. The van der Waals surface area contributed by atoms with Crippen LogP contribution in [0.25, 0.3) is 45.1 Å². The number of carbonyl (C=O) groups is 1. The lowest BCUT2D eigenvalue weighted by Gasteiger charge is -2.31. The number of fused-ring (bicyclic) bond motifs is 3. The van der Waals surface area contributed by atoms with Crippen LogP contribution < -0.4 is 37.9 Å². The molecule has 4 N–H and O–H groups in total. The number of anilines is 6. The number of nitrogens with two attached hydrogens (primary N) is 1. The maximum Gasteiger partial charge on any atom is 0.276 e. The third kappa shape index (κ3) is 13.7. The zero-order valence-electron chi connectivity index (χ0n) is 47.7. The van der Waals surface area contributed by atoms with Gasteiger partial charge in [0.25, 0.3) is 22.6 Å². The summed E-state index contributed by atoms with van der Waals surface area (Å²) in [6.07, 6.45) is 9.64. The minimum absolute atomic E-state index is 0.0131. The Morgan fingerprint density at radius 1 is 0.581 bits per heavy atom. The minimum Gasteiger partial charge on any atom is -0.381 e. The van der Waals surface area contributed by atoms with Crippen LogP contribution in [0.3, 0.4) is 0 Å². The van der Waals surface area contributed by atoms with Crippen LogP contribution >= 0.6 is 47.8 Å². The molecule has 0 saturated heterocycles. The molecule has 3 aromatic carbocycles. The lowest BCUT2D eigenvalue weighted by atomic mass is 9.90. The molecule has 0 radical (unpaired) electrons.